The van der Waals surface area contributed by atoms with Crippen molar-refractivity contribution in [1.29, 1.82) is 0 Å². The minimum Gasteiger partial charge on any atom is -0.0958 e. The van der Waals surface area contributed by atoms with Gasteiger partial charge in [0, 0.05) is 0 Å². The van der Waals surface area contributed by atoms with Crippen molar-refractivity contribution in [3.8, 4) is 0 Å². The summed E-state index contributed by atoms with van der Waals surface area (Å²) < 4.78 is 0. The molecule has 1 atom stereocenters. The topological polar surface area (TPSA) is 0 Å². The molecule has 0 fully saturated rings. The molecule has 0 aromatic rings. The third-order valence-corrected chi connectivity index (χ3v) is 2.80. The highest BCUT2D eigenvalue weighted by molar-refractivity contribution is 5.25. The van der Waals surface area contributed by atoms with Crippen molar-refractivity contribution in [2.45, 2.75) is 47.0 Å². The number of hydrogen-bond donors (Lipinski definition) is 0. The average molecular weight is 206 g/mol. The first-order valence-corrected chi connectivity index (χ1v) is 6.02. The maximum atomic E-state index is 4.11. The molecule has 0 N–H and O–H groups in total. The number of allylic oxidation sites excluding steroid dienone is 4. The normalized spacial score (nSPS) is 13.4. The molecule has 0 heteroatoms. The Labute approximate surface area is 95.8 Å². The highest BCUT2D eigenvalue weighted by atomic mass is 14.1. The van der Waals surface area contributed by atoms with Gasteiger partial charge in [-0.05, 0) is 24.7 Å². The lowest BCUT2D eigenvalue weighted by Gasteiger charge is -2.13. The molecule has 0 amide bonds. The van der Waals surface area contributed by atoms with Crippen LogP contribution in [0.2, 0.25) is 0 Å². The van der Waals surface area contributed by atoms with E-state index in [1.165, 1.54) is 24.0 Å². The Morgan fingerprint density at radius 1 is 1.07 bits per heavy atom. The molecule has 0 aromatic carbocycles. The lowest BCUT2D eigenvalue weighted by Crippen LogP contribution is -1.99. The Hall–Kier alpha value is -0.780. The summed E-state index contributed by atoms with van der Waals surface area (Å²) >= 11 is 0. The zero-order valence-electron chi connectivity index (χ0n) is 10.8. The highest BCUT2D eigenvalue weighted by Gasteiger charge is 2.05. The summed E-state index contributed by atoms with van der Waals surface area (Å²) in [5.74, 6) is 1.38. The predicted octanol–water partition coefficient (Wildman–Crippen LogP) is 5.14. The summed E-state index contributed by atoms with van der Waals surface area (Å²) in [5.41, 5.74) is 2.40. The quantitative estimate of drug-likeness (QED) is 0.506. The van der Waals surface area contributed by atoms with Gasteiger partial charge in [0.2, 0.25) is 0 Å². The summed E-state index contributed by atoms with van der Waals surface area (Å²) in [6.45, 7) is 17.0. The SMILES string of the molecule is C=C(/C=C\C(=C)C(C)CCC(C)C)CC. The third-order valence-electron chi connectivity index (χ3n) is 2.80. The first-order chi connectivity index (χ1) is 6.97. The second-order valence-electron chi connectivity index (χ2n) is 4.79. The van der Waals surface area contributed by atoms with Gasteiger partial charge < -0.3 is 0 Å². The van der Waals surface area contributed by atoms with Crippen LogP contribution in [-0.4, -0.2) is 0 Å². The van der Waals surface area contributed by atoms with Crippen LogP contribution in [0.25, 0.3) is 0 Å². The van der Waals surface area contributed by atoms with Gasteiger partial charge in [0.15, 0.2) is 0 Å². The van der Waals surface area contributed by atoms with Crippen LogP contribution in [-0.2, 0) is 0 Å². The Morgan fingerprint density at radius 2 is 1.67 bits per heavy atom. The molecular weight excluding hydrogens is 180 g/mol. The van der Waals surface area contributed by atoms with Crippen LogP contribution >= 0.6 is 0 Å². The van der Waals surface area contributed by atoms with Crippen LogP contribution in [0.1, 0.15) is 47.0 Å². The van der Waals surface area contributed by atoms with E-state index >= 15 is 0 Å². The van der Waals surface area contributed by atoms with E-state index in [1.807, 2.05) is 0 Å². The van der Waals surface area contributed by atoms with Gasteiger partial charge in [-0.2, -0.15) is 0 Å². The molecular formula is C15H26. The van der Waals surface area contributed by atoms with Crippen LogP contribution in [0.5, 0.6) is 0 Å². The molecule has 0 aliphatic carbocycles. The molecule has 0 nitrogen and oxygen atoms in total. The zero-order valence-corrected chi connectivity index (χ0v) is 10.8. The maximum Gasteiger partial charge on any atom is -0.0196 e. The van der Waals surface area contributed by atoms with Gasteiger partial charge in [-0.1, -0.05) is 70.6 Å². The van der Waals surface area contributed by atoms with Crippen LogP contribution < -0.4 is 0 Å². The fraction of sp³-hybridized carbons (Fsp3) is 0.600. The van der Waals surface area contributed by atoms with E-state index in [4.69, 9.17) is 0 Å². The molecule has 0 saturated heterocycles. The van der Waals surface area contributed by atoms with E-state index < -0.39 is 0 Å². The largest absolute Gasteiger partial charge is 0.0958 e. The fourth-order valence-electron chi connectivity index (χ4n) is 1.28. The number of hydrogen-bond acceptors (Lipinski definition) is 0. The Kier molecular flexibility index (Phi) is 7.11. The van der Waals surface area contributed by atoms with Crippen molar-refractivity contribution in [2.24, 2.45) is 11.8 Å². The second kappa shape index (κ2) is 7.50. The lowest BCUT2D eigenvalue weighted by atomic mass is 9.93. The van der Waals surface area contributed by atoms with E-state index in [9.17, 15) is 0 Å². The first kappa shape index (κ1) is 14.2. The molecule has 0 aliphatic heterocycles. The molecule has 0 aliphatic rings. The van der Waals surface area contributed by atoms with Crippen molar-refractivity contribution < 1.29 is 0 Å². The molecule has 0 bridgehead atoms. The minimum absolute atomic E-state index is 0.591. The summed E-state index contributed by atoms with van der Waals surface area (Å²) in [7, 11) is 0. The molecule has 0 aromatic heterocycles. The van der Waals surface area contributed by atoms with Crippen molar-refractivity contribution in [1.82, 2.24) is 0 Å². The van der Waals surface area contributed by atoms with Crippen molar-refractivity contribution in [2.75, 3.05) is 0 Å². The second-order valence-corrected chi connectivity index (χ2v) is 4.79. The fourth-order valence-corrected chi connectivity index (χ4v) is 1.28. The van der Waals surface area contributed by atoms with Crippen LogP contribution in [0.3, 0.4) is 0 Å². The molecule has 0 heterocycles. The molecule has 0 radical (unpaired) electrons. The zero-order chi connectivity index (χ0) is 11.8. The molecule has 86 valence electrons. The van der Waals surface area contributed by atoms with Crippen LogP contribution in [0.15, 0.2) is 36.5 Å². The maximum absolute atomic E-state index is 4.11. The molecule has 15 heavy (non-hydrogen) atoms. The predicted molar refractivity (Wildman–Crippen MR) is 70.9 cm³/mol. The average Bonchev–Trinajstić information content (AvgIpc) is 2.21. The van der Waals surface area contributed by atoms with E-state index in [0.29, 0.717) is 5.92 Å². The van der Waals surface area contributed by atoms with Gasteiger partial charge in [-0.3, -0.25) is 0 Å². The number of rotatable bonds is 7. The van der Waals surface area contributed by atoms with E-state index in [0.717, 1.165) is 12.3 Å². The van der Waals surface area contributed by atoms with Gasteiger partial charge in [0.25, 0.3) is 0 Å². The monoisotopic (exact) mass is 206 g/mol. The van der Waals surface area contributed by atoms with Gasteiger partial charge in [0.05, 0.1) is 0 Å². The smallest absolute Gasteiger partial charge is 0.0196 e. The summed E-state index contributed by atoms with van der Waals surface area (Å²) in [6.07, 6.45) is 7.75. The Bertz CT molecular complexity index is 230. The van der Waals surface area contributed by atoms with Gasteiger partial charge in [0.1, 0.15) is 0 Å². The van der Waals surface area contributed by atoms with Crippen molar-refractivity contribution in [3.63, 3.8) is 0 Å². The summed E-state index contributed by atoms with van der Waals surface area (Å²) in [5, 5.41) is 0. The standard InChI is InChI=1S/C15H26/c1-7-13(4)9-11-15(6)14(5)10-8-12(2)3/h9,11-12,14H,4,6-8,10H2,1-3,5H3/b11-9-. The Morgan fingerprint density at radius 3 is 2.13 bits per heavy atom. The van der Waals surface area contributed by atoms with Gasteiger partial charge in [-0.15, -0.1) is 0 Å². The molecule has 0 rings (SSSR count). The van der Waals surface area contributed by atoms with Crippen molar-refractivity contribution in [3.05, 3.63) is 36.5 Å². The minimum atomic E-state index is 0.591. The van der Waals surface area contributed by atoms with Gasteiger partial charge >= 0.3 is 0 Å². The molecule has 0 saturated carbocycles. The van der Waals surface area contributed by atoms with E-state index in [-0.39, 0.29) is 0 Å². The van der Waals surface area contributed by atoms with Crippen molar-refractivity contribution >= 4 is 0 Å². The summed E-state index contributed by atoms with van der Waals surface area (Å²) in [6, 6.07) is 0. The molecule has 0 spiro atoms. The Balaban J connectivity index is 3.99. The summed E-state index contributed by atoms with van der Waals surface area (Å²) in [4.78, 5) is 0. The molecule has 1 unspecified atom stereocenters. The third kappa shape index (κ3) is 7.18. The van der Waals surface area contributed by atoms with E-state index in [2.05, 4.69) is 53.0 Å². The van der Waals surface area contributed by atoms with Crippen LogP contribution in [0, 0.1) is 11.8 Å². The van der Waals surface area contributed by atoms with Gasteiger partial charge in [-0.25, -0.2) is 0 Å². The van der Waals surface area contributed by atoms with Crippen LogP contribution in [0.4, 0.5) is 0 Å². The first-order valence-electron chi connectivity index (χ1n) is 6.02. The lowest BCUT2D eigenvalue weighted by molar-refractivity contribution is 0.494. The highest BCUT2D eigenvalue weighted by Crippen LogP contribution is 2.19. The van der Waals surface area contributed by atoms with E-state index in [1.54, 1.807) is 0 Å².